The van der Waals surface area contributed by atoms with Crippen LogP contribution in [0.15, 0.2) is 60.8 Å². The zero-order chi connectivity index (χ0) is 22.6. The number of halogens is 3. The van der Waals surface area contributed by atoms with Gasteiger partial charge in [-0.25, -0.2) is 8.78 Å². The number of esters is 1. The molecule has 0 aliphatic rings. The summed E-state index contributed by atoms with van der Waals surface area (Å²) >= 11 is 6.02. The second-order valence-electron chi connectivity index (χ2n) is 8.41. The summed E-state index contributed by atoms with van der Waals surface area (Å²) in [6.45, 7) is 5.38. The molecule has 6 heteroatoms. The van der Waals surface area contributed by atoms with Crippen molar-refractivity contribution in [3.05, 3.63) is 88.7 Å². The standard InChI is InChI=1S/C25H24ClF2NO2/c1-25(2,3)31-23(30)14-18(11-16-12-20(27)15-21(28)13-16)24-22(5-4-10-29-24)17-6-8-19(26)9-7-17/h4-10,12-13,15,18H,11,14H2,1-3H3/t18-/m1/s1. The molecule has 3 nitrogen and oxygen atoms in total. The van der Waals surface area contributed by atoms with E-state index >= 15 is 0 Å². The highest BCUT2D eigenvalue weighted by molar-refractivity contribution is 6.30. The van der Waals surface area contributed by atoms with Crippen molar-refractivity contribution in [2.45, 2.75) is 45.1 Å². The molecular formula is C25H24ClF2NO2. The van der Waals surface area contributed by atoms with Gasteiger partial charge in [0.2, 0.25) is 0 Å². The van der Waals surface area contributed by atoms with E-state index in [0.717, 1.165) is 17.2 Å². The largest absolute Gasteiger partial charge is 0.460 e. The maximum Gasteiger partial charge on any atom is 0.306 e. The van der Waals surface area contributed by atoms with Crippen LogP contribution in [0.5, 0.6) is 0 Å². The number of ether oxygens (including phenoxy) is 1. The predicted octanol–water partition coefficient (Wildman–Crippen LogP) is 6.74. The number of carbonyl (C=O) groups is 1. The van der Waals surface area contributed by atoms with Gasteiger partial charge in [-0.1, -0.05) is 29.8 Å². The number of hydrogen-bond donors (Lipinski definition) is 0. The maximum atomic E-state index is 13.8. The Hall–Kier alpha value is -2.79. The molecule has 0 bridgehead atoms. The molecule has 0 aliphatic carbocycles. The van der Waals surface area contributed by atoms with Gasteiger partial charge in [0, 0.05) is 28.8 Å². The summed E-state index contributed by atoms with van der Waals surface area (Å²) in [5.74, 6) is -2.17. The zero-order valence-corrected chi connectivity index (χ0v) is 18.4. The van der Waals surface area contributed by atoms with E-state index in [-0.39, 0.29) is 12.8 Å². The number of benzene rings is 2. The molecule has 1 aromatic heterocycles. The second-order valence-corrected chi connectivity index (χ2v) is 8.85. The summed E-state index contributed by atoms with van der Waals surface area (Å²) in [5.41, 5.74) is 2.16. The maximum absolute atomic E-state index is 13.8. The lowest BCUT2D eigenvalue weighted by Crippen LogP contribution is -2.25. The SMILES string of the molecule is CC(C)(C)OC(=O)C[C@@H](Cc1cc(F)cc(F)c1)c1ncccc1-c1ccc(Cl)cc1. The Labute approximate surface area is 186 Å². The quantitative estimate of drug-likeness (QED) is 0.396. The summed E-state index contributed by atoms with van der Waals surface area (Å²) in [5, 5.41) is 0.606. The first-order valence-electron chi connectivity index (χ1n) is 9.98. The van der Waals surface area contributed by atoms with E-state index in [1.54, 1.807) is 45.2 Å². The fourth-order valence-corrected chi connectivity index (χ4v) is 3.61. The molecule has 1 atom stereocenters. The predicted molar refractivity (Wildman–Crippen MR) is 118 cm³/mol. The van der Waals surface area contributed by atoms with Crippen molar-refractivity contribution in [2.24, 2.45) is 0 Å². The van der Waals surface area contributed by atoms with Gasteiger partial charge >= 0.3 is 5.97 Å². The minimum Gasteiger partial charge on any atom is -0.460 e. The molecule has 3 aromatic rings. The van der Waals surface area contributed by atoms with Crippen molar-refractivity contribution in [1.29, 1.82) is 0 Å². The van der Waals surface area contributed by atoms with Gasteiger partial charge in [0.05, 0.1) is 12.1 Å². The van der Waals surface area contributed by atoms with Crippen LogP contribution in [-0.4, -0.2) is 16.6 Å². The zero-order valence-electron chi connectivity index (χ0n) is 17.7. The Kier molecular flexibility index (Phi) is 7.06. The fraction of sp³-hybridized carbons (Fsp3) is 0.280. The third-order valence-electron chi connectivity index (χ3n) is 4.62. The molecule has 162 valence electrons. The van der Waals surface area contributed by atoms with Gasteiger partial charge in [-0.15, -0.1) is 0 Å². The molecule has 31 heavy (non-hydrogen) atoms. The monoisotopic (exact) mass is 443 g/mol. The lowest BCUT2D eigenvalue weighted by atomic mass is 9.88. The summed E-state index contributed by atoms with van der Waals surface area (Å²) < 4.78 is 33.1. The Morgan fingerprint density at radius 2 is 1.71 bits per heavy atom. The first-order chi connectivity index (χ1) is 14.6. The smallest absolute Gasteiger partial charge is 0.306 e. The van der Waals surface area contributed by atoms with Gasteiger partial charge in [0.1, 0.15) is 17.2 Å². The molecular weight excluding hydrogens is 420 g/mol. The van der Waals surface area contributed by atoms with Crippen LogP contribution in [0.3, 0.4) is 0 Å². The summed E-state index contributed by atoms with van der Waals surface area (Å²) in [4.78, 5) is 17.2. The average molecular weight is 444 g/mol. The minimum absolute atomic E-state index is 0.0208. The van der Waals surface area contributed by atoms with Crippen molar-refractivity contribution >= 4 is 17.6 Å². The van der Waals surface area contributed by atoms with E-state index in [1.165, 1.54) is 12.1 Å². The molecule has 2 aromatic carbocycles. The second kappa shape index (κ2) is 9.56. The summed E-state index contributed by atoms with van der Waals surface area (Å²) in [6, 6.07) is 14.4. The highest BCUT2D eigenvalue weighted by Crippen LogP contribution is 2.33. The number of carbonyl (C=O) groups excluding carboxylic acids is 1. The Bertz CT molecular complexity index is 1040. The van der Waals surface area contributed by atoms with E-state index in [4.69, 9.17) is 16.3 Å². The van der Waals surface area contributed by atoms with E-state index in [9.17, 15) is 13.6 Å². The fourth-order valence-electron chi connectivity index (χ4n) is 3.48. The topological polar surface area (TPSA) is 39.2 Å². The van der Waals surface area contributed by atoms with Crippen LogP contribution >= 0.6 is 11.6 Å². The molecule has 0 fully saturated rings. The molecule has 0 aliphatic heterocycles. The van der Waals surface area contributed by atoms with Crippen molar-refractivity contribution in [3.63, 3.8) is 0 Å². The number of aromatic nitrogens is 1. The average Bonchev–Trinajstić information content (AvgIpc) is 2.66. The molecule has 3 rings (SSSR count). The van der Waals surface area contributed by atoms with Gasteiger partial charge < -0.3 is 4.74 Å². The van der Waals surface area contributed by atoms with E-state index < -0.39 is 29.1 Å². The lowest BCUT2D eigenvalue weighted by Gasteiger charge is -2.23. The first kappa shape index (κ1) is 22.9. The van der Waals surface area contributed by atoms with E-state index in [0.29, 0.717) is 16.3 Å². The van der Waals surface area contributed by atoms with Crippen molar-refractivity contribution < 1.29 is 18.3 Å². The summed E-state index contributed by atoms with van der Waals surface area (Å²) in [7, 11) is 0. The van der Waals surface area contributed by atoms with Gasteiger partial charge in [0.25, 0.3) is 0 Å². The highest BCUT2D eigenvalue weighted by Gasteiger charge is 2.25. The molecule has 0 amide bonds. The number of rotatable bonds is 6. The Balaban J connectivity index is 2.01. The van der Waals surface area contributed by atoms with Crippen LogP contribution in [0.2, 0.25) is 5.02 Å². The van der Waals surface area contributed by atoms with Crippen molar-refractivity contribution in [3.8, 4) is 11.1 Å². The van der Waals surface area contributed by atoms with Gasteiger partial charge in [-0.05, 0) is 68.7 Å². The van der Waals surface area contributed by atoms with E-state index in [1.807, 2.05) is 18.2 Å². The van der Waals surface area contributed by atoms with Gasteiger partial charge in [-0.3, -0.25) is 9.78 Å². The number of pyridine rings is 1. The Morgan fingerprint density at radius 1 is 1.06 bits per heavy atom. The number of nitrogens with zero attached hydrogens (tertiary/aromatic N) is 1. The third kappa shape index (κ3) is 6.59. The molecule has 0 N–H and O–H groups in total. The van der Waals surface area contributed by atoms with Crippen LogP contribution in [0, 0.1) is 11.6 Å². The van der Waals surface area contributed by atoms with Gasteiger partial charge in [-0.2, -0.15) is 0 Å². The molecule has 0 saturated heterocycles. The van der Waals surface area contributed by atoms with E-state index in [2.05, 4.69) is 4.98 Å². The van der Waals surface area contributed by atoms with Crippen LogP contribution < -0.4 is 0 Å². The van der Waals surface area contributed by atoms with Crippen molar-refractivity contribution in [2.75, 3.05) is 0 Å². The van der Waals surface area contributed by atoms with Crippen LogP contribution in [-0.2, 0) is 16.0 Å². The van der Waals surface area contributed by atoms with Crippen LogP contribution in [0.25, 0.3) is 11.1 Å². The molecule has 0 unspecified atom stereocenters. The van der Waals surface area contributed by atoms with Gasteiger partial charge in [0.15, 0.2) is 0 Å². The van der Waals surface area contributed by atoms with Crippen molar-refractivity contribution in [1.82, 2.24) is 4.98 Å². The summed E-state index contributed by atoms with van der Waals surface area (Å²) in [6.07, 6.45) is 1.89. The highest BCUT2D eigenvalue weighted by atomic mass is 35.5. The molecule has 0 saturated carbocycles. The van der Waals surface area contributed by atoms with Crippen LogP contribution in [0.1, 0.15) is 44.4 Å². The molecule has 0 spiro atoms. The van der Waals surface area contributed by atoms with Crippen LogP contribution in [0.4, 0.5) is 8.78 Å². The first-order valence-corrected chi connectivity index (χ1v) is 10.4. The normalized spacial score (nSPS) is 12.5. The molecule has 0 radical (unpaired) electrons. The lowest BCUT2D eigenvalue weighted by molar-refractivity contribution is -0.155. The third-order valence-corrected chi connectivity index (χ3v) is 4.87. The number of hydrogen-bond acceptors (Lipinski definition) is 3. The minimum atomic E-state index is -0.662. The Morgan fingerprint density at radius 3 is 2.32 bits per heavy atom. The molecule has 1 heterocycles.